The van der Waals surface area contributed by atoms with Crippen molar-refractivity contribution in [2.24, 2.45) is 0 Å². The van der Waals surface area contributed by atoms with Crippen LogP contribution >= 0.6 is 0 Å². The summed E-state index contributed by atoms with van der Waals surface area (Å²) in [6, 6.07) is 8.83. The van der Waals surface area contributed by atoms with Crippen LogP contribution in [0.5, 0.6) is 0 Å². The van der Waals surface area contributed by atoms with Gasteiger partial charge in [0.25, 0.3) is 20.9 Å². The van der Waals surface area contributed by atoms with Gasteiger partial charge < -0.3 is 4.84 Å². The highest BCUT2D eigenvalue weighted by atomic mass is 32.9. The average molecular weight is 359 g/mol. The molecule has 0 aliphatic carbocycles. The van der Waals surface area contributed by atoms with E-state index in [-0.39, 0.29) is 19.4 Å². The molecule has 2 rings (SSSR count). The fourth-order valence-electron chi connectivity index (χ4n) is 1.65. The van der Waals surface area contributed by atoms with Crippen LogP contribution in [0, 0.1) is 0 Å². The number of rotatable bonds is 7. The van der Waals surface area contributed by atoms with Gasteiger partial charge in [-0.25, -0.2) is 4.79 Å². The summed E-state index contributed by atoms with van der Waals surface area (Å²) < 4.78 is 21.5. The second-order valence-electron chi connectivity index (χ2n) is 4.46. The lowest BCUT2D eigenvalue weighted by molar-refractivity contribution is -0.198. The summed E-state index contributed by atoms with van der Waals surface area (Å²) in [6.45, 7) is -0.866. The van der Waals surface area contributed by atoms with Crippen LogP contribution < -0.4 is 0 Å². The number of hydrogen-bond acceptors (Lipinski definition) is 8. The topological polar surface area (TPSA) is 99.2 Å². The van der Waals surface area contributed by atoms with Crippen molar-refractivity contribution in [3.8, 4) is 0 Å². The maximum absolute atomic E-state index is 11.8. The van der Waals surface area contributed by atoms with Gasteiger partial charge in [-0.3, -0.25) is 18.0 Å². The first-order valence-corrected chi connectivity index (χ1v) is 8.85. The molecule has 1 saturated heterocycles. The van der Waals surface area contributed by atoms with E-state index in [0.717, 1.165) is 5.56 Å². The third kappa shape index (κ3) is 5.36. The zero-order chi connectivity index (χ0) is 16.9. The molecule has 1 aliphatic rings. The second-order valence-corrected chi connectivity index (χ2v) is 6.98. The Kier molecular flexibility index (Phi) is 5.77. The minimum absolute atomic E-state index is 0.0229. The van der Waals surface area contributed by atoms with Crippen molar-refractivity contribution in [3.63, 3.8) is 0 Å². The Morgan fingerprint density at radius 3 is 2.35 bits per heavy atom. The molecule has 2 amide bonds. The van der Waals surface area contributed by atoms with Crippen molar-refractivity contribution in [3.05, 3.63) is 35.9 Å². The summed E-state index contributed by atoms with van der Waals surface area (Å²) in [5.74, 6) is -2.32. The molecule has 10 heteroatoms. The van der Waals surface area contributed by atoms with Crippen LogP contribution in [-0.2, 0) is 54.4 Å². The van der Waals surface area contributed by atoms with Gasteiger partial charge in [-0.1, -0.05) is 30.3 Å². The molecule has 0 radical (unpaired) electrons. The molecule has 0 bridgehead atoms. The van der Waals surface area contributed by atoms with E-state index in [0.29, 0.717) is 5.06 Å². The first-order chi connectivity index (χ1) is 10.9. The molecule has 1 aliphatic heterocycles. The second kappa shape index (κ2) is 7.59. The first kappa shape index (κ1) is 17.5. The summed E-state index contributed by atoms with van der Waals surface area (Å²) in [4.78, 5) is 38.6. The summed E-state index contributed by atoms with van der Waals surface area (Å²) >= 11 is 4.62. The predicted molar refractivity (Wildman–Crippen MR) is 79.9 cm³/mol. The van der Waals surface area contributed by atoms with E-state index < -0.39 is 33.4 Å². The van der Waals surface area contributed by atoms with Gasteiger partial charge in [0.05, 0.1) is 6.61 Å². The number of carbonyl (C=O) groups is 3. The molecule has 1 aromatic carbocycles. The minimum atomic E-state index is -3.59. The highest BCUT2D eigenvalue weighted by Gasteiger charge is 2.33. The number of carbonyl (C=O) groups excluding carboxylic acids is 3. The van der Waals surface area contributed by atoms with E-state index in [4.69, 9.17) is 8.37 Å². The standard InChI is InChI=1S/C13H13NO7S2/c15-11-6-7-12(16)14(11)21-13(17)9-20-23(18,22)19-8-10-4-2-1-3-5-10/h1-5H,6-9H2. The van der Waals surface area contributed by atoms with Crippen LogP contribution in [0.2, 0.25) is 0 Å². The molecule has 0 N–H and O–H groups in total. The van der Waals surface area contributed by atoms with E-state index in [1.165, 1.54) is 0 Å². The zero-order valence-electron chi connectivity index (χ0n) is 11.8. The molecular formula is C13H13NO7S2. The molecule has 124 valence electrons. The summed E-state index contributed by atoms with van der Waals surface area (Å²) in [7, 11) is -3.59. The Morgan fingerprint density at radius 2 is 1.74 bits per heavy atom. The van der Waals surface area contributed by atoms with Crippen LogP contribution in [0.1, 0.15) is 18.4 Å². The summed E-state index contributed by atoms with van der Waals surface area (Å²) in [5.41, 5.74) is 0.726. The molecule has 0 spiro atoms. The smallest absolute Gasteiger partial charge is 0.328 e. The van der Waals surface area contributed by atoms with Gasteiger partial charge in [-0.15, -0.1) is 5.06 Å². The lowest BCUT2D eigenvalue weighted by Gasteiger charge is -2.13. The molecular weight excluding hydrogens is 346 g/mol. The molecule has 8 nitrogen and oxygen atoms in total. The molecule has 0 aromatic heterocycles. The quantitative estimate of drug-likeness (QED) is 0.645. The Hall–Kier alpha value is -1.88. The first-order valence-electron chi connectivity index (χ1n) is 6.52. The van der Waals surface area contributed by atoms with Gasteiger partial charge in [0.15, 0.2) is 6.61 Å². The van der Waals surface area contributed by atoms with Crippen molar-refractivity contribution in [2.75, 3.05) is 6.61 Å². The van der Waals surface area contributed by atoms with Crippen LogP contribution in [-0.4, -0.2) is 33.7 Å². The van der Waals surface area contributed by atoms with Crippen LogP contribution in [0.4, 0.5) is 0 Å². The van der Waals surface area contributed by atoms with Crippen molar-refractivity contribution in [1.82, 2.24) is 5.06 Å². The number of nitrogens with zero attached hydrogens (tertiary/aromatic N) is 1. The number of hydroxylamine groups is 2. The van der Waals surface area contributed by atoms with Crippen LogP contribution in [0.25, 0.3) is 0 Å². The van der Waals surface area contributed by atoms with Crippen LogP contribution in [0.3, 0.4) is 0 Å². The summed E-state index contributed by atoms with van der Waals surface area (Å²) in [6.07, 6.45) is -0.0458. The molecule has 1 atom stereocenters. The molecule has 1 unspecified atom stereocenters. The zero-order valence-corrected chi connectivity index (χ0v) is 13.5. The Bertz CT molecular complexity index is 686. The Labute approximate surface area is 137 Å². The third-order valence-electron chi connectivity index (χ3n) is 2.73. The van der Waals surface area contributed by atoms with Crippen molar-refractivity contribution in [2.45, 2.75) is 19.4 Å². The Morgan fingerprint density at radius 1 is 1.13 bits per heavy atom. The number of benzene rings is 1. The molecule has 23 heavy (non-hydrogen) atoms. The van der Waals surface area contributed by atoms with Crippen molar-refractivity contribution in [1.29, 1.82) is 0 Å². The lowest BCUT2D eigenvalue weighted by Crippen LogP contribution is -2.33. The van der Waals surface area contributed by atoms with E-state index in [1.807, 2.05) is 6.07 Å². The normalized spacial score (nSPS) is 17.1. The largest absolute Gasteiger partial charge is 0.360 e. The minimum Gasteiger partial charge on any atom is -0.328 e. The van der Waals surface area contributed by atoms with Crippen molar-refractivity contribution < 1.29 is 31.8 Å². The number of imide groups is 1. The molecule has 1 aromatic rings. The number of amides is 2. The van der Waals surface area contributed by atoms with Crippen LogP contribution in [0.15, 0.2) is 30.3 Å². The fourth-order valence-corrected chi connectivity index (χ4v) is 2.53. The fraction of sp³-hybridized carbons (Fsp3) is 0.308. The van der Waals surface area contributed by atoms with E-state index in [2.05, 4.69) is 16.0 Å². The summed E-state index contributed by atoms with van der Waals surface area (Å²) in [5, 5.41) is 0.363. The average Bonchev–Trinajstić information content (AvgIpc) is 2.84. The predicted octanol–water partition coefficient (Wildman–Crippen LogP) is 0.403. The van der Waals surface area contributed by atoms with Gasteiger partial charge in [-0.2, -0.15) is 4.21 Å². The van der Waals surface area contributed by atoms with Gasteiger partial charge in [0, 0.05) is 24.0 Å². The van der Waals surface area contributed by atoms with Crippen molar-refractivity contribution >= 4 is 38.0 Å². The Balaban J connectivity index is 1.78. The molecule has 0 saturated carbocycles. The maximum Gasteiger partial charge on any atom is 0.360 e. The monoisotopic (exact) mass is 359 g/mol. The highest BCUT2D eigenvalue weighted by molar-refractivity contribution is 8.27. The maximum atomic E-state index is 11.8. The van der Waals surface area contributed by atoms with Gasteiger partial charge in [0.2, 0.25) is 0 Å². The molecule has 1 heterocycles. The molecule has 1 fully saturated rings. The lowest BCUT2D eigenvalue weighted by atomic mass is 10.2. The highest BCUT2D eigenvalue weighted by Crippen LogP contribution is 2.12. The van der Waals surface area contributed by atoms with E-state index >= 15 is 0 Å². The SMILES string of the molecule is O=C(COS(=O)(=S)OCc1ccccc1)ON1C(=O)CCC1=O. The third-order valence-corrected chi connectivity index (χ3v) is 4.12. The van der Waals surface area contributed by atoms with Gasteiger partial charge in [-0.05, 0) is 5.56 Å². The van der Waals surface area contributed by atoms with Gasteiger partial charge >= 0.3 is 5.97 Å². The van der Waals surface area contributed by atoms with Gasteiger partial charge in [0.1, 0.15) is 0 Å². The van der Waals surface area contributed by atoms with E-state index in [1.54, 1.807) is 24.3 Å². The number of hydrogen-bond donors (Lipinski definition) is 0. The van der Waals surface area contributed by atoms with E-state index in [9.17, 15) is 18.6 Å².